The largest absolute Gasteiger partial charge is 0.383 e. The molecule has 2 unspecified atom stereocenters. The van der Waals surface area contributed by atoms with Crippen LogP contribution in [-0.2, 0) is 16.0 Å². The number of piperazine rings is 1. The first-order valence-corrected chi connectivity index (χ1v) is 7.33. The maximum Gasteiger partial charge on any atom is 0.230 e. The van der Waals surface area contributed by atoms with Crippen molar-refractivity contribution < 1.29 is 14.1 Å². The Morgan fingerprint density at radius 2 is 2.05 bits per heavy atom. The van der Waals surface area contributed by atoms with Gasteiger partial charge in [-0.2, -0.15) is 4.98 Å². The van der Waals surface area contributed by atoms with E-state index in [1.807, 2.05) is 4.90 Å². The van der Waals surface area contributed by atoms with Crippen molar-refractivity contribution in [1.82, 2.24) is 19.9 Å². The van der Waals surface area contributed by atoms with Gasteiger partial charge in [0.05, 0.1) is 13.0 Å². The number of carbonyl (C=O) groups excluding carboxylic acids is 1. The molecule has 0 radical (unpaired) electrons. The van der Waals surface area contributed by atoms with Crippen LogP contribution in [-0.4, -0.2) is 71.3 Å². The molecule has 1 aromatic heterocycles. The van der Waals surface area contributed by atoms with E-state index in [9.17, 15) is 4.79 Å². The molecule has 1 aliphatic heterocycles. The molecule has 1 aliphatic rings. The van der Waals surface area contributed by atoms with Crippen LogP contribution in [0.25, 0.3) is 0 Å². The summed E-state index contributed by atoms with van der Waals surface area (Å²) in [4.78, 5) is 20.7. The van der Waals surface area contributed by atoms with Crippen LogP contribution >= 0.6 is 0 Å². The molecule has 2 atom stereocenters. The van der Waals surface area contributed by atoms with E-state index in [-0.39, 0.29) is 12.3 Å². The normalized spacial score (nSPS) is 23.5. The Kier molecular flexibility index (Phi) is 5.30. The SMILES string of the molecule is COCCN1C(C)CN(C(=O)Cc2noc(C)n2)CC1C. The minimum Gasteiger partial charge on any atom is -0.383 e. The van der Waals surface area contributed by atoms with Gasteiger partial charge in [-0.3, -0.25) is 9.69 Å². The molecule has 0 aromatic carbocycles. The van der Waals surface area contributed by atoms with Gasteiger partial charge in [-0.05, 0) is 13.8 Å². The number of hydrogen-bond acceptors (Lipinski definition) is 6. The van der Waals surface area contributed by atoms with Gasteiger partial charge in [0.15, 0.2) is 5.82 Å². The van der Waals surface area contributed by atoms with Crippen molar-refractivity contribution in [2.75, 3.05) is 33.4 Å². The summed E-state index contributed by atoms with van der Waals surface area (Å²) in [6.07, 6.45) is 0.203. The van der Waals surface area contributed by atoms with E-state index in [0.29, 0.717) is 30.4 Å². The molecule has 1 amide bonds. The van der Waals surface area contributed by atoms with Crippen LogP contribution in [0.1, 0.15) is 25.6 Å². The van der Waals surface area contributed by atoms with Crippen molar-refractivity contribution in [2.24, 2.45) is 0 Å². The molecule has 1 saturated heterocycles. The van der Waals surface area contributed by atoms with Crippen molar-refractivity contribution in [3.63, 3.8) is 0 Å². The van der Waals surface area contributed by atoms with Gasteiger partial charge < -0.3 is 14.2 Å². The predicted octanol–water partition coefficient (Wildman–Crippen LogP) is 0.488. The third-order valence-electron chi connectivity index (χ3n) is 3.89. The van der Waals surface area contributed by atoms with Crippen LogP contribution < -0.4 is 0 Å². The van der Waals surface area contributed by atoms with Crippen LogP contribution in [0.3, 0.4) is 0 Å². The van der Waals surface area contributed by atoms with Gasteiger partial charge in [-0.1, -0.05) is 5.16 Å². The molecule has 21 heavy (non-hydrogen) atoms. The second kappa shape index (κ2) is 7.00. The number of amides is 1. The van der Waals surface area contributed by atoms with E-state index < -0.39 is 0 Å². The summed E-state index contributed by atoms with van der Waals surface area (Å²) >= 11 is 0. The lowest BCUT2D eigenvalue weighted by molar-refractivity contribution is -0.135. The van der Waals surface area contributed by atoms with Crippen molar-refractivity contribution in [3.8, 4) is 0 Å². The molecular formula is C14H24N4O3. The first-order valence-electron chi connectivity index (χ1n) is 7.33. The van der Waals surface area contributed by atoms with E-state index >= 15 is 0 Å². The van der Waals surface area contributed by atoms with Crippen LogP contribution in [0.15, 0.2) is 4.52 Å². The molecule has 7 nitrogen and oxygen atoms in total. The van der Waals surface area contributed by atoms with E-state index in [1.54, 1.807) is 14.0 Å². The third kappa shape index (κ3) is 4.01. The van der Waals surface area contributed by atoms with Crippen LogP contribution in [0.2, 0.25) is 0 Å². The van der Waals surface area contributed by atoms with Gasteiger partial charge in [0.25, 0.3) is 0 Å². The molecule has 118 valence electrons. The highest BCUT2D eigenvalue weighted by atomic mass is 16.5. The topological polar surface area (TPSA) is 71.7 Å². The van der Waals surface area contributed by atoms with Gasteiger partial charge in [-0.25, -0.2) is 0 Å². The zero-order valence-corrected chi connectivity index (χ0v) is 13.2. The summed E-state index contributed by atoms with van der Waals surface area (Å²) in [6.45, 7) is 9.07. The van der Waals surface area contributed by atoms with E-state index in [4.69, 9.17) is 9.26 Å². The minimum atomic E-state index is 0.0564. The molecule has 2 heterocycles. The van der Waals surface area contributed by atoms with Crippen molar-refractivity contribution in [3.05, 3.63) is 11.7 Å². The summed E-state index contributed by atoms with van der Waals surface area (Å²) < 4.78 is 10.1. The minimum absolute atomic E-state index is 0.0564. The van der Waals surface area contributed by atoms with E-state index in [2.05, 4.69) is 28.9 Å². The van der Waals surface area contributed by atoms with Gasteiger partial charge in [0, 0.05) is 45.8 Å². The maximum absolute atomic E-state index is 12.3. The first-order chi connectivity index (χ1) is 10.0. The fraction of sp³-hybridized carbons (Fsp3) is 0.786. The second-order valence-corrected chi connectivity index (χ2v) is 5.63. The summed E-state index contributed by atoms with van der Waals surface area (Å²) in [7, 11) is 1.71. The lowest BCUT2D eigenvalue weighted by Gasteiger charge is -2.44. The average Bonchev–Trinajstić information content (AvgIpc) is 2.83. The van der Waals surface area contributed by atoms with Crippen LogP contribution in [0.5, 0.6) is 0 Å². The highest BCUT2D eigenvalue weighted by Crippen LogP contribution is 2.16. The predicted molar refractivity (Wildman–Crippen MR) is 76.8 cm³/mol. The highest BCUT2D eigenvalue weighted by molar-refractivity contribution is 5.78. The Hall–Kier alpha value is -1.47. The molecule has 1 aromatic rings. The standard InChI is InChI=1S/C14H24N4O3/c1-10-8-17(9-11(2)18(10)5-6-20-4)14(19)7-13-15-12(3)21-16-13/h10-11H,5-9H2,1-4H3. The fourth-order valence-corrected chi connectivity index (χ4v) is 2.86. The summed E-state index contributed by atoms with van der Waals surface area (Å²) in [5.74, 6) is 1.00. The quantitative estimate of drug-likeness (QED) is 0.787. The van der Waals surface area contributed by atoms with Gasteiger partial charge >= 0.3 is 0 Å². The van der Waals surface area contributed by atoms with Gasteiger partial charge in [0.2, 0.25) is 11.8 Å². The number of aromatic nitrogens is 2. The molecule has 0 saturated carbocycles. The molecule has 2 rings (SSSR count). The average molecular weight is 296 g/mol. The first kappa shape index (κ1) is 15.9. The number of aryl methyl sites for hydroxylation is 1. The van der Waals surface area contributed by atoms with E-state index in [0.717, 1.165) is 19.6 Å². The third-order valence-corrected chi connectivity index (χ3v) is 3.89. The smallest absolute Gasteiger partial charge is 0.230 e. The number of methoxy groups -OCH3 is 1. The molecule has 0 spiro atoms. The Labute approximate surface area is 125 Å². The zero-order chi connectivity index (χ0) is 15.4. The Morgan fingerprint density at radius 1 is 1.38 bits per heavy atom. The Morgan fingerprint density at radius 3 is 2.57 bits per heavy atom. The summed E-state index contributed by atoms with van der Waals surface area (Å²) in [6, 6.07) is 0.639. The van der Waals surface area contributed by atoms with Crippen molar-refractivity contribution >= 4 is 5.91 Å². The van der Waals surface area contributed by atoms with E-state index in [1.165, 1.54) is 0 Å². The second-order valence-electron chi connectivity index (χ2n) is 5.63. The highest BCUT2D eigenvalue weighted by Gasteiger charge is 2.31. The zero-order valence-electron chi connectivity index (χ0n) is 13.2. The summed E-state index contributed by atoms with van der Waals surface area (Å²) in [5.41, 5.74) is 0. The summed E-state index contributed by atoms with van der Waals surface area (Å²) in [5, 5.41) is 3.78. The Balaban J connectivity index is 1.92. The number of rotatable bonds is 5. The molecule has 0 bridgehead atoms. The van der Waals surface area contributed by atoms with Gasteiger partial charge in [-0.15, -0.1) is 0 Å². The monoisotopic (exact) mass is 296 g/mol. The number of ether oxygens (including phenoxy) is 1. The molecule has 0 aliphatic carbocycles. The Bertz CT molecular complexity index is 465. The molecule has 1 fully saturated rings. The molecular weight excluding hydrogens is 272 g/mol. The van der Waals surface area contributed by atoms with Crippen LogP contribution in [0, 0.1) is 6.92 Å². The molecule has 7 heteroatoms. The lowest BCUT2D eigenvalue weighted by atomic mass is 10.1. The number of nitrogens with zero attached hydrogens (tertiary/aromatic N) is 4. The fourth-order valence-electron chi connectivity index (χ4n) is 2.86. The maximum atomic E-state index is 12.3. The van der Waals surface area contributed by atoms with Crippen LogP contribution in [0.4, 0.5) is 0 Å². The lowest BCUT2D eigenvalue weighted by Crippen LogP contribution is -2.58. The molecule has 0 N–H and O–H groups in total. The van der Waals surface area contributed by atoms with Crippen molar-refractivity contribution in [2.45, 2.75) is 39.3 Å². The van der Waals surface area contributed by atoms with Gasteiger partial charge in [0.1, 0.15) is 0 Å². The number of carbonyl (C=O) groups is 1. The van der Waals surface area contributed by atoms with Crippen molar-refractivity contribution in [1.29, 1.82) is 0 Å². The number of hydrogen-bond donors (Lipinski definition) is 0.